The minimum Gasteiger partial charge on any atom is -0.369 e. The fourth-order valence-corrected chi connectivity index (χ4v) is 2.59. The van der Waals surface area contributed by atoms with Gasteiger partial charge in [0.1, 0.15) is 0 Å². The molecule has 1 amide bonds. The number of amides is 1. The average Bonchev–Trinajstić information content (AvgIpc) is 2.52. The van der Waals surface area contributed by atoms with Gasteiger partial charge in [-0.05, 0) is 35.1 Å². The number of benzene rings is 2. The molecule has 2 N–H and O–H groups in total. The van der Waals surface area contributed by atoms with Crippen LogP contribution in [-0.2, 0) is 17.4 Å². The Bertz CT molecular complexity index is 705. The van der Waals surface area contributed by atoms with Crippen LogP contribution in [0.2, 0.25) is 0 Å². The standard InChI is InChI=1S/C19H20F3NO/c1-12(2)14-8-6-13(7-9-14)10-17(18(23)24)15-4-3-5-16(11-15)19(20,21)22/h3-9,11-12,17H,10H2,1-2H3,(H2,23,24). The predicted octanol–water partition coefficient (Wildman–Crippen LogP) is 4.64. The van der Waals surface area contributed by atoms with Crippen molar-refractivity contribution in [1.29, 1.82) is 0 Å². The molecule has 0 bridgehead atoms. The molecule has 0 saturated heterocycles. The molecule has 0 aliphatic carbocycles. The van der Waals surface area contributed by atoms with Gasteiger partial charge >= 0.3 is 6.18 Å². The van der Waals surface area contributed by atoms with E-state index in [1.54, 1.807) is 0 Å². The van der Waals surface area contributed by atoms with Crippen molar-refractivity contribution in [1.82, 2.24) is 0 Å². The molecule has 0 aliphatic heterocycles. The molecule has 24 heavy (non-hydrogen) atoms. The van der Waals surface area contributed by atoms with Gasteiger partial charge < -0.3 is 5.73 Å². The van der Waals surface area contributed by atoms with Crippen LogP contribution in [0.4, 0.5) is 13.2 Å². The first-order chi connectivity index (χ1) is 11.2. The van der Waals surface area contributed by atoms with E-state index < -0.39 is 23.6 Å². The number of nitrogens with two attached hydrogens (primary N) is 1. The van der Waals surface area contributed by atoms with Crippen LogP contribution in [-0.4, -0.2) is 5.91 Å². The van der Waals surface area contributed by atoms with E-state index in [4.69, 9.17) is 5.73 Å². The van der Waals surface area contributed by atoms with Gasteiger partial charge in [0.25, 0.3) is 0 Å². The Morgan fingerprint density at radius 1 is 1.04 bits per heavy atom. The number of hydrogen-bond donors (Lipinski definition) is 1. The number of halogens is 3. The molecular formula is C19H20F3NO. The van der Waals surface area contributed by atoms with Crippen molar-refractivity contribution in [2.75, 3.05) is 0 Å². The lowest BCUT2D eigenvalue weighted by atomic mass is 9.89. The lowest BCUT2D eigenvalue weighted by Gasteiger charge is -2.16. The summed E-state index contributed by atoms with van der Waals surface area (Å²) in [5.74, 6) is -1.05. The Hall–Kier alpha value is -2.30. The third kappa shape index (κ3) is 4.37. The van der Waals surface area contributed by atoms with E-state index in [0.29, 0.717) is 5.92 Å². The number of hydrogen-bond acceptors (Lipinski definition) is 1. The summed E-state index contributed by atoms with van der Waals surface area (Å²) >= 11 is 0. The SMILES string of the molecule is CC(C)c1ccc(CC(C(N)=O)c2cccc(C(F)(F)F)c2)cc1. The highest BCUT2D eigenvalue weighted by Crippen LogP contribution is 2.32. The van der Waals surface area contributed by atoms with E-state index in [-0.39, 0.29) is 12.0 Å². The van der Waals surface area contributed by atoms with E-state index in [1.165, 1.54) is 12.1 Å². The summed E-state index contributed by atoms with van der Waals surface area (Å²) in [6, 6.07) is 12.5. The molecular weight excluding hydrogens is 315 g/mol. The largest absolute Gasteiger partial charge is 0.416 e. The van der Waals surface area contributed by atoms with Crippen molar-refractivity contribution < 1.29 is 18.0 Å². The maximum absolute atomic E-state index is 12.9. The minimum absolute atomic E-state index is 0.273. The molecule has 0 saturated carbocycles. The van der Waals surface area contributed by atoms with Gasteiger partial charge in [0.05, 0.1) is 11.5 Å². The molecule has 1 unspecified atom stereocenters. The molecule has 0 spiro atoms. The smallest absolute Gasteiger partial charge is 0.369 e. The predicted molar refractivity (Wildman–Crippen MR) is 87.6 cm³/mol. The Kier molecular flexibility index (Phi) is 5.32. The van der Waals surface area contributed by atoms with Gasteiger partial charge in [0.2, 0.25) is 5.91 Å². The molecule has 2 aromatic carbocycles. The molecule has 2 aromatic rings. The van der Waals surface area contributed by atoms with Crippen molar-refractivity contribution in [3.8, 4) is 0 Å². The molecule has 0 heterocycles. The molecule has 0 radical (unpaired) electrons. The van der Waals surface area contributed by atoms with Gasteiger partial charge in [-0.15, -0.1) is 0 Å². The van der Waals surface area contributed by atoms with E-state index in [1.807, 2.05) is 24.3 Å². The van der Waals surface area contributed by atoms with Gasteiger partial charge in [0.15, 0.2) is 0 Å². The number of rotatable bonds is 5. The summed E-state index contributed by atoms with van der Waals surface area (Å²) in [5, 5.41) is 0. The monoisotopic (exact) mass is 335 g/mol. The second kappa shape index (κ2) is 7.07. The first kappa shape index (κ1) is 18.0. The molecule has 2 nitrogen and oxygen atoms in total. The van der Waals surface area contributed by atoms with Crippen molar-refractivity contribution in [3.05, 3.63) is 70.8 Å². The fourth-order valence-electron chi connectivity index (χ4n) is 2.59. The molecule has 0 aliphatic rings. The zero-order valence-electron chi connectivity index (χ0n) is 13.6. The van der Waals surface area contributed by atoms with Crippen molar-refractivity contribution in [3.63, 3.8) is 0 Å². The molecule has 5 heteroatoms. The third-order valence-corrected chi connectivity index (χ3v) is 4.05. The van der Waals surface area contributed by atoms with Crippen LogP contribution in [0, 0.1) is 0 Å². The highest BCUT2D eigenvalue weighted by atomic mass is 19.4. The fraction of sp³-hybridized carbons (Fsp3) is 0.316. The van der Waals surface area contributed by atoms with Crippen LogP contribution in [0.5, 0.6) is 0 Å². The lowest BCUT2D eigenvalue weighted by Crippen LogP contribution is -2.23. The number of carbonyl (C=O) groups excluding carboxylic acids is 1. The van der Waals surface area contributed by atoms with Crippen LogP contribution in [0.15, 0.2) is 48.5 Å². The zero-order chi connectivity index (χ0) is 17.9. The van der Waals surface area contributed by atoms with Crippen LogP contribution in [0.1, 0.15) is 47.9 Å². The highest BCUT2D eigenvalue weighted by Gasteiger charge is 2.31. The molecule has 1 atom stereocenters. The normalized spacial score (nSPS) is 13.1. The first-order valence-corrected chi connectivity index (χ1v) is 7.74. The topological polar surface area (TPSA) is 43.1 Å². The summed E-state index contributed by atoms with van der Waals surface area (Å²) in [7, 11) is 0. The van der Waals surface area contributed by atoms with Crippen LogP contribution in [0.25, 0.3) is 0 Å². The molecule has 2 rings (SSSR count). The van der Waals surface area contributed by atoms with E-state index in [0.717, 1.165) is 23.3 Å². The van der Waals surface area contributed by atoms with Gasteiger partial charge in [0, 0.05) is 0 Å². The van der Waals surface area contributed by atoms with Crippen molar-refractivity contribution in [2.24, 2.45) is 5.73 Å². The summed E-state index contributed by atoms with van der Waals surface area (Å²) in [4.78, 5) is 11.8. The van der Waals surface area contributed by atoms with Gasteiger partial charge in [-0.2, -0.15) is 13.2 Å². The maximum Gasteiger partial charge on any atom is 0.416 e. The number of carbonyl (C=O) groups is 1. The van der Waals surface area contributed by atoms with Gasteiger partial charge in [-0.3, -0.25) is 4.79 Å². The van der Waals surface area contributed by atoms with E-state index in [2.05, 4.69) is 13.8 Å². The van der Waals surface area contributed by atoms with Crippen LogP contribution >= 0.6 is 0 Å². The average molecular weight is 335 g/mol. The quantitative estimate of drug-likeness (QED) is 0.850. The lowest BCUT2D eigenvalue weighted by molar-refractivity contribution is -0.137. The Balaban J connectivity index is 2.28. The molecule has 128 valence electrons. The van der Waals surface area contributed by atoms with E-state index in [9.17, 15) is 18.0 Å². The minimum atomic E-state index is -4.45. The Labute approximate surface area is 139 Å². The second-order valence-electron chi connectivity index (χ2n) is 6.18. The van der Waals surface area contributed by atoms with Crippen molar-refractivity contribution >= 4 is 5.91 Å². The summed E-state index contributed by atoms with van der Waals surface area (Å²) in [6.45, 7) is 4.15. The van der Waals surface area contributed by atoms with Gasteiger partial charge in [-0.25, -0.2) is 0 Å². The summed E-state index contributed by atoms with van der Waals surface area (Å²) in [6.07, 6.45) is -4.17. The zero-order valence-corrected chi connectivity index (χ0v) is 13.6. The highest BCUT2D eigenvalue weighted by molar-refractivity contribution is 5.82. The third-order valence-electron chi connectivity index (χ3n) is 4.05. The van der Waals surface area contributed by atoms with Crippen LogP contribution in [0.3, 0.4) is 0 Å². The van der Waals surface area contributed by atoms with E-state index >= 15 is 0 Å². The Morgan fingerprint density at radius 2 is 1.67 bits per heavy atom. The Morgan fingerprint density at radius 3 is 2.17 bits per heavy atom. The number of alkyl halides is 3. The maximum atomic E-state index is 12.9. The molecule has 0 aromatic heterocycles. The van der Waals surface area contributed by atoms with Gasteiger partial charge in [-0.1, -0.05) is 56.3 Å². The number of primary amides is 1. The summed E-state index contributed by atoms with van der Waals surface area (Å²) in [5.41, 5.74) is 6.96. The second-order valence-corrected chi connectivity index (χ2v) is 6.18. The van der Waals surface area contributed by atoms with Crippen LogP contribution < -0.4 is 5.73 Å². The summed E-state index contributed by atoms with van der Waals surface area (Å²) < 4.78 is 38.6. The van der Waals surface area contributed by atoms with Crippen molar-refractivity contribution in [2.45, 2.75) is 38.3 Å². The molecule has 0 fully saturated rings. The first-order valence-electron chi connectivity index (χ1n) is 7.74.